The number of nitrogens with zero attached hydrogens (tertiary/aromatic N) is 3. The van der Waals surface area contributed by atoms with Crippen molar-refractivity contribution >= 4 is 22.0 Å². The lowest BCUT2D eigenvalue weighted by molar-refractivity contribution is 0.0178. The second-order valence-electron chi connectivity index (χ2n) is 8.18. The zero-order valence-electron chi connectivity index (χ0n) is 16.3. The van der Waals surface area contributed by atoms with Gasteiger partial charge in [0.1, 0.15) is 10.5 Å². The Morgan fingerprint density at radius 3 is 2.52 bits per heavy atom. The van der Waals surface area contributed by atoms with E-state index in [0.717, 1.165) is 12.8 Å². The lowest BCUT2D eigenvalue weighted by Crippen LogP contribution is -2.44. The van der Waals surface area contributed by atoms with Crippen molar-refractivity contribution in [2.75, 3.05) is 26.7 Å². The summed E-state index contributed by atoms with van der Waals surface area (Å²) in [6, 6.07) is 6.91. The van der Waals surface area contributed by atoms with Gasteiger partial charge < -0.3 is 14.5 Å². The third-order valence-electron chi connectivity index (χ3n) is 4.77. The lowest BCUT2D eigenvalue weighted by Gasteiger charge is -2.35. The summed E-state index contributed by atoms with van der Waals surface area (Å²) in [6.45, 7) is 7.58. The van der Waals surface area contributed by atoms with Crippen molar-refractivity contribution in [1.29, 1.82) is 0 Å². The molecule has 0 N–H and O–H groups in total. The Bertz CT molecular complexity index is 850. The van der Waals surface area contributed by atoms with Gasteiger partial charge in [-0.05, 0) is 51.7 Å². The summed E-state index contributed by atoms with van der Waals surface area (Å²) < 4.78 is 33.8. The summed E-state index contributed by atoms with van der Waals surface area (Å²) >= 11 is 0. The van der Waals surface area contributed by atoms with E-state index in [1.54, 1.807) is 23.1 Å². The van der Waals surface area contributed by atoms with Crippen LogP contribution in [0.4, 0.5) is 4.79 Å². The molecule has 27 heavy (non-hydrogen) atoms. The summed E-state index contributed by atoms with van der Waals surface area (Å²) in [4.78, 5) is 16.1. The Labute approximate surface area is 161 Å². The van der Waals surface area contributed by atoms with E-state index in [9.17, 15) is 13.2 Å². The maximum absolute atomic E-state index is 12.2. The predicted molar refractivity (Wildman–Crippen MR) is 103 cm³/mol. The van der Waals surface area contributed by atoms with Crippen LogP contribution in [0.1, 0.15) is 39.2 Å². The Morgan fingerprint density at radius 2 is 1.89 bits per heavy atom. The first-order valence-electron chi connectivity index (χ1n) is 9.20. The van der Waals surface area contributed by atoms with Crippen LogP contribution in [0.3, 0.4) is 0 Å². The van der Waals surface area contributed by atoms with Gasteiger partial charge in [-0.15, -0.1) is 4.40 Å². The molecule has 2 aliphatic rings. The van der Waals surface area contributed by atoms with Crippen LogP contribution in [0.25, 0.3) is 0 Å². The molecular formula is C19H27N3O4S. The summed E-state index contributed by atoms with van der Waals surface area (Å²) in [5, 5.41) is 0. The van der Waals surface area contributed by atoms with E-state index in [2.05, 4.69) is 4.40 Å². The molecule has 1 amide bonds. The highest BCUT2D eigenvalue weighted by Crippen LogP contribution is 2.28. The van der Waals surface area contributed by atoms with Crippen LogP contribution in [0, 0.1) is 5.92 Å². The molecule has 0 bridgehead atoms. The Kier molecular flexibility index (Phi) is 5.20. The fraction of sp³-hybridized carbons (Fsp3) is 0.579. The third kappa shape index (κ3) is 4.43. The van der Waals surface area contributed by atoms with Crippen LogP contribution in [0.2, 0.25) is 0 Å². The molecule has 1 aromatic rings. The molecule has 0 spiro atoms. The van der Waals surface area contributed by atoms with E-state index in [-0.39, 0.29) is 11.0 Å². The molecule has 0 saturated carbocycles. The number of carbonyl (C=O) groups is 1. The SMILES string of the molecule is CN(CC1CCN(C(=O)OC(C)(C)C)CC1)C1=NS(=O)(=O)c2ccccc21. The predicted octanol–water partition coefficient (Wildman–Crippen LogP) is 2.71. The summed E-state index contributed by atoms with van der Waals surface area (Å²) in [5.41, 5.74) is 0.166. The standard InChI is InChI=1S/C19H27N3O4S/c1-19(2,3)26-18(23)22-11-9-14(10-12-22)13-21(4)17-15-7-5-6-8-16(15)27(24,25)20-17/h5-8,14H,9-13H2,1-4H3. The topological polar surface area (TPSA) is 79.3 Å². The zero-order valence-corrected chi connectivity index (χ0v) is 17.1. The number of carbonyl (C=O) groups excluding carboxylic acids is 1. The number of sulfonamides is 1. The summed E-state index contributed by atoms with van der Waals surface area (Å²) in [6.07, 6.45) is 1.44. The van der Waals surface area contributed by atoms with E-state index in [1.807, 2.05) is 38.8 Å². The number of likely N-dealkylation sites (tertiary alicyclic amines) is 1. The van der Waals surface area contributed by atoms with Crippen molar-refractivity contribution in [2.45, 2.75) is 44.1 Å². The van der Waals surface area contributed by atoms with Crippen LogP contribution >= 0.6 is 0 Å². The van der Waals surface area contributed by atoms with Crippen LogP contribution in [-0.2, 0) is 14.8 Å². The average Bonchev–Trinajstić information content (AvgIpc) is 2.86. The van der Waals surface area contributed by atoms with Crippen molar-refractivity contribution in [1.82, 2.24) is 9.80 Å². The van der Waals surface area contributed by atoms with Crippen molar-refractivity contribution in [3.8, 4) is 0 Å². The maximum atomic E-state index is 12.2. The minimum atomic E-state index is -3.60. The second kappa shape index (κ2) is 7.14. The van der Waals surface area contributed by atoms with Crippen LogP contribution in [0.15, 0.2) is 33.6 Å². The molecular weight excluding hydrogens is 366 g/mol. The lowest BCUT2D eigenvalue weighted by atomic mass is 9.96. The molecule has 7 nitrogen and oxygen atoms in total. The number of hydrogen-bond donors (Lipinski definition) is 0. The molecule has 148 valence electrons. The Balaban J connectivity index is 1.60. The monoisotopic (exact) mass is 393 g/mol. The van der Waals surface area contributed by atoms with Gasteiger partial charge in [-0.3, -0.25) is 0 Å². The molecule has 0 unspecified atom stereocenters. The largest absolute Gasteiger partial charge is 0.444 e. The van der Waals surface area contributed by atoms with Gasteiger partial charge in [0.25, 0.3) is 10.0 Å². The van der Waals surface area contributed by atoms with Crippen LogP contribution in [-0.4, -0.2) is 62.4 Å². The Morgan fingerprint density at radius 1 is 1.26 bits per heavy atom. The first-order chi connectivity index (χ1) is 12.6. The van der Waals surface area contributed by atoms with E-state index in [0.29, 0.717) is 37.0 Å². The van der Waals surface area contributed by atoms with Gasteiger partial charge in [-0.2, -0.15) is 8.42 Å². The number of fused-ring (bicyclic) bond motifs is 1. The number of amides is 1. The van der Waals surface area contributed by atoms with Gasteiger partial charge in [0.15, 0.2) is 5.84 Å². The molecule has 1 fully saturated rings. The Hall–Kier alpha value is -2.09. The molecule has 2 heterocycles. The highest BCUT2D eigenvalue weighted by atomic mass is 32.2. The van der Waals surface area contributed by atoms with Gasteiger partial charge in [-0.1, -0.05) is 12.1 Å². The molecule has 3 rings (SSSR count). The number of ether oxygens (including phenoxy) is 1. The van der Waals surface area contributed by atoms with E-state index >= 15 is 0 Å². The molecule has 1 aromatic carbocycles. The molecule has 8 heteroatoms. The van der Waals surface area contributed by atoms with E-state index < -0.39 is 15.6 Å². The normalized spacial score (nSPS) is 19.4. The average molecular weight is 394 g/mol. The highest BCUT2D eigenvalue weighted by molar-refractivity contribution is 7.90. The number of rotatable bonds is 2. The highest BCUT2D eigenvalue weighted by Gasteiger charge is 2.32. The number of piperidine rings is 1. The number of benzene rings is 1. The van der Waals surface area contributed by atoms with Crippen LogP contribution in [0.5, 0.6) is 0 Å². The molecule has 0 atom stereocenters. The smallest absolute Gasteiger partial charge is 0.410 e. The van der Waals surface area contributed by atoms with Crippen molar-refractivity contribution < 1.29 is 17.9 Å². The minimum Gasteiger partial charge on any atom is -0.444 e. The second-order valence-corrected chi connectivity index (χ2v) is 9.75. The number of hydrogen-bond acceptors (Lipinski definition) is 5. The first-order valence-corrected chi connectivity index (χ1v) is 10.6. The zero-order chi connectivity index (χ0) is 19.8. The number of amidine groups is 1. The molecule has 2 aliphatic heterocycles. The fourth-order valence-corrected chi connectivity index (χ4v) is 4.71. The van der Waals surface area contributed by atoms with Crippen LogP contribution < -0.4 is 0 Å². The van der Waals surface area contributed by atoms with Crippen molar-refractivity contribution in [3.05, 3.63) is 29.8 Å². The molecule has 1 saturated heterocycles. The fourth-order valence-electron chi connectivity index (χ4n) is 3.46. The van der Waals surface area contributed by atoms with E-state index in [1.165, 1.54) is 0 Å². The van der Waals surface area contributed by atoms with Crippen molar-refractivity contribution in [3.63, 3.8) is 0 Å². The summed E-state index contributed by atoms with van der Waals surface area (Å²) in [5.74, 6) is 0.868. The first kappa shape index (κ1) is 19.7. The van der Waals surface area contributed by atoms with Gasteiger partial charge >= 0.3 is 6.09 Å². The van der Waals surface area contributed by atoms with Gasteiger partial charge in [-0.25, -0.2) is 4.79 Å². The minimum absolute atomic E-state index is 0.269. The third-order valence-corrected chi connectivity index (χ3v) is 6.10. The van der Waals surface area contributed by atoms with Crippen molar-refractivity contribution in [2.24, 2.45) is 10.3 Å². The van der Waals surface area contributed by atoms with E-state index in [4.69, 9.17) is 4.74 Å². The van der Waals surface area contributed by atoms with Gasteiger partial charge in [0, 0.05) is 32.2 Å². The maximum Gasteiger partial charge on any atom is 0.410 e. The molecule has 0 radical (unpaired) electrons. The summed E-state index contributed by atoms with van der Waals surface area (Å²) in [7, 11) is -1.73. The molecule has 0 aliphatic carbocycles. The van der Waals surface area contributed by atoms with Gasteiger partial charge in [0.2, 0.25) is 0 Å². The van der Waals surface area contributed by atoms with Gasteiger partial charge in [0.05, 0.1) is 0 Å². The quantitative estimate of drug-likeness (QED) is 0.772. The molecule has 0 aromatic heterocycles.